The van der Waals surface area contributed by atoms with Crippen LogP contribution < -0.4 is 4.72 Å². The van der Waals surface area contributed by atoms with Crippen molar-refractivity contribution in [2.24, 2.45) is 0 Å². The van der Waals surface area contributed by atoms with E-state index >= 15 is 0 Å². The van der Waals surface area contributed by atoms with Gasteiger partial charge < -0.3 is 0 Å². The maximum Gasteiger partial charge on any atom is 0.262 e. The molecule has 1 aromatic carbocycles. The Morgan fingerprint density at radius 1 is 1.19 bits per heavy atom. The van der Waals surface area contributed by atoms with Crippen molar-refractivity contribution >= 4 is 38.9 Å². The van der Waals surface area contributed by atoms with Crippen LogP contribution >= 0.6 is 23.2 Å². The van der Waals surface area contributed by atoms with Crippen molar-refractivity contribution in [3.05, 3.63) is 51.8 Å². The molecular formula is C14H14Cl2N2O2S. The molecule has 0 aliphatic heterocycles. The van der Waals surface area contributed by atoms with Gasteiger partial charge in [-0.15, -0.1) is 0 Å². The standard InChI is InChI=1S/C14H14Cl2N2O2S/c1-3-10-4-6-11(7-5-10)21(19,20)18-13-9(2)8-12(15)17-14(13)16/h4-8,18H,3H2,1-2H3. The number of sulfonamides is 1. The summed E-state index contributed by atoms with van der Waals surface area (Å²) in [4.78, 5) is 4.01. The third-order valence-corrected chi connectivity index (χ3v) is 4.85. The minimum Gasteiger partial charge on any atom is -0.276 e. The van der Waals surface area contributed by atoms with Crippen LogP contribution in [-0.2, 0) is 16.4 Å². The van der Waals surface area contributed by atoms with Crippen molar-refractivity contribution in [2.75, 3.05) is 4.72 Å². The first kappa shape index (κ1) is 16.1. The van der Waals surface area contributed by atoms with Crippen LogP contribution in [0.15, 0.2) is 35.2 Å². The zero-order chi connectivity index (χ0) is 15.6. The molecule has 1 N–H and O–H groups in total. The number of halogens is 2. The molecule has 0 aliphatic rings. The number of hydrogen-bond donors (Lipinski definition) is 1. The first-order chi connectivity index (χ1) is 9.83. The molecule has 1 heterocycles. The first-order valence-corrected chi connectivity index (χ1v) is 8.52. The van der Waals surface area contributed by atoms with Gasteiger partial charge in [0.05, 0.1) is 10.6 Å². The molecule has 21 heavy (non-hydrogen) atoms. The van der Waals surface area contributed by atoms with Gasteiger partial charge in [0.2, 0.25) is 0 Å². The predicted molar refractivity (Wildman–Crippen MR) is 85.6 cm³/mol. The van der Waals surface area contributed by atoms with Gasteiger partial charge in [0.1, 0.15) is 5.15 Å². The number of anilines is 1. The molecule has 0 unspecified atom stereocenters. The number of rotatable bonds is 4. The summed E-state index contributed by atoms with van der Waals surface area (Å²) in [6, 6.07) is 8.24. The molecule has 7 heteroatoms. The van der Waals surface area contributed by atoms with E-state index in [2.05, 4.69) is 9.71 Å². The van der Waals surface area contributed by atoms with E-state index in [1.165, 1.54) is 0 Å². The van der Waals surface area contributed by atoms with Crippen LogP contribution in [-0.4, -0.2) is 13.4 Å². The molecule has 0 saturated carbocycles. The van der Waals surface area contributed by atoms with E-state index in [-0.39, 0.29) is 20.9 Å². The zero-order valence-corrected chi connectivity index (χ0v) is 13.9. The van der Waals surface area contributed by atoms with Crippen LogP contribution in [0.25, 0.3) is 0 Å². The molecule has 0 spiro atoms. The van der Waals surface area contributed by atoms with E-state index in [1.807, 2.05) is 6.92 Å². The number of benzene rings is 1. The minimum atomic E-state index is -3.71. The zero-order valence-electron chi connectivity index (χ0n) is 11.5. The van der Waals surface area contributed by atoms with Crippen molar-refractivity contribution in [1.82, 2.24) is 4.98 Å². The second-order valence-electron chi connectivity index (χ2n) is 4.53. The molecule has 2 aromatic rings. The Kier molecular flexibility index (Phi) is 4.76. The van der Waals surface area contributed by atoms with E-state index in [4.69, 9.17) is 23.2 Å². The highest BCUT2D eigenvalue weighted by molar-refractivity contribution is 7.92. The molecule has 0 bridgehead atoms. The van der Waals surface area contributed by atoms with Crippen LogP contribution in [0, 0.1) is 6.92 Å². The predicted octanol–water partition coefficient (Wildman–Crippen LogP) is 4.06. The average Bonchev–Trinajstić information content (AvgIpc) is 2.43. The van der Waals surface area contributed by atoms with Gasteiger partial charge in [-0.2, -0.15) is 0 Å². The summed E-state index contributed by atoms with van der Waals surface area (Å²) in [7, 11) is -3.71. The van der Waals surface area contributed by atoms with Crippen molar-refractivity contribution in [3.63, 3.8) is 0 Å². The Morgan fingerprint density at radius 2 is 1.81 bits per heavy atom. The van der Waals surface area contributed by atoms with Crippen LogP contribution in [0.5, 0.6) is 0 Å². The highest BCUT2D eigenvalue weighted by Crippen LogP contribution is 2.28. The molecule has 4 nitrogen and oxygen atoms in total. The number of aryl methyl sites for hydroxylation is 2. The fourth-order valence-corrected chi connectivity index (χ4v) is 3.59. The lowest BCUT2D eigenvalue weighted by Gasteiger charge is -2.12. The molecule has 0 fully saturated rings. The van der Waals surface area contributed by atoms with E-state index in [0.29, 0.717) is 5.56 Å². The average molecular weight is 345 g/mol. The van der Waals surface area contributed by atoms with Gasteiger partial charge in [-0.3, -0.25) is 4.72 Å². The van der Waals surface area contributed by atoms with Gasteiger partial charge in [-0.25, -0.2) is 13.4 Å². The van der Waals surface area contributed by atoms with Gasteiger partial charge in [-0.05, 0) is 42.7 Å². The summed E-state index contributed by atoms with van der Waals surface area (Å²) in [6.45, 7) is 3.71. The largest absolute Gasteiger partial charge is 0.276 e. The third kappa shape index (κ3) is 3.67. The molecule has 1 aromatic heterocycles. The number of pyridine rings is 1. The molecule has 0 aliphatic carbocycles. The molecular weight excluding hydrogens is 331 g/mol. The van der Waals surface area contributed by atoms with Crippen molar-refractivity contribution in [2.45, 2.75) is 25.2 Å². The second kappa shape index (κ2) is 6.22. The van der Waals surface area contributed by atoms with E-state index < -0.39 is 10.0 Å². The lowest BCUT2D eigenvalue weighted by molar-refractivity contribution is 0.601. The number of hydrogen-bond acceptors (Lipinski definition) is 3. The molecule has 0 amide bonds. The Balaban J connectivity index is 2.37. The third-order valence-electron chi connectivity index (χ3n) is 3.02. The lowest BCUT2D eigenvalue weighted by Crippen LogP contribution is -2.14. The number of aromatic nitrogens is 1. The summed E-state index contributed by atoms with van der Waals surface area (Å²) < 4.78 is 27.2. The van der Waals surface area contributed by atoms with Gasteiger partial charge in [0, 0.05) is 0 Å². The van der Waals surface area contributed by atoms with Crippen molar-refractivity contribution in [3.8, 4) is 0 Å². The summed E-state index contributed by atoms with van der Waals surface area (Å²) in [5, 5.41) is 0.238. The van der Waals surface area contributed by atoms with E-state index in [1.54, 1.807) is 37.3 Å². The fraction of sp³-hybridized carbons (Fsp3) is 0.214. The summed E-state index contributed by atoms with van der Waals surface area (Å²) in [5.41, 5.74) is 1.91. The number of nitrogens with one attached hydrogen (secondary N) is 1. The molecule has 2 rings (SSSR count). The van der Waals surface area contributed by atoms with Crippen molar-refractivity contribution in [1.29, 1.82) is 0 Å². The van der Waals surface area contributed by atoms with E-state index in [9.17, 15) is 8.42 Å². The fourth-order valence-electron chi connectivity index (χ4n) is 1.82. The Labute approximate surface area is 134 Å². The molecule has 0 saturated heterocycles. The Bertz CT molecular complexity index is 736. The molecule has 0 radical (unpaired) electrons. The van der Waals surface area contributed by atoms with Crippen LogP contribution in [0.3, 0.4) is 0 Å². The second-order valence-corrected chi connectivity index (χ2v) is 6.96. The monoisotopic (exact) mass is 344 g/mol. The first-order valence-electron chi connectivity index (χ1n) is 6.28. The lowest BCUT2D eigenvalue weighted by atomic mass is 10.2. The summed E-state index contributed by atoms with van der Waals surface area (Å²) in [5.74, 6) is 0. The maximum absolute atomic E-state index is 12.4. The normalized spacial score (nSPS) is 11.4. The maximum atomic E-state index is 12.4. The Hall–Kier alpha value is -1.30. The quantitative estimate of drug-likeness (QED) is 0.850. The smallest absolute Gasteiger partial charge is 0.262 e. The molecule has 0 atom stereocenters. The highest BCUT2D eigenvalue weighted by Gasteiger charge is 2.18. The minimum absolute atomic E-state index is 0.0220. The SMILES string of the molecule is CCc1ccc(S(=O)(=O)Nc2c(C)cc(Cl)nc2Cl)cc1. The number of nitrogens with zero attached hydrogens (tertiary/aromatic N) is 1. The van der Waals surface area contributed by atoms with Gasteiger partial charge >= 0.3 is 0 Å². The van der Waals surface area contributed by atoms with Gasteiger partial charge in [-0.1, -0.05) is 42.3 Å². The topological polar surface area (TPSA) is 59.1 Å². The van der Waals surface area contributed by atoms with Crippen LogP contribution in [0.2, 0.25) is 10.3 Å². The summed E-state index contributed by atoms with van der Waals surface area (Å²) >= 11 is 11.7. The van der Waals surface area contributed by atoms with Crippen LogP contribution in [0.1, 0.15) is 18.1 Å². The Morgan fingerprint density at radius 3 is 2.33 bits per heavy atom. The van der Waals surface area contributed by atoms with E-state index in [0.717, 1.165) is 12.0 Å². The highest BCUT2D eigenvalue weighted by atomic mass is 35.5. The van der Waals surface area contributed by atoms with Crippen LogP contribution in [0.4, 0.5) is 5.69 Å². The molecule has 112 valence electrons. The van der Waals surface area contributed by atoms with Crippen molar-refractivity contribution < 1.29 is 8.42 Å². The van der Waals surface area contributed by atoms with Gasteiger partial charge in [0.25, 0.3) is 10.0 Å². The summed E-state index contributed by atoms with van der Waals surface area (Å²) in [6.07, 6.45) is 0.847. The van der Waals surface area contributed by atoms with Gasteiger partial charge in [0.15, 0.2) is 5.15 Å².